The second-order valence-corrected chi connectivity index (χ2v) is 8.12. The van der Waals surface area contributed by atoms with Crippen LogP contribution in [0.15, 0.2) is 29.3 Å². The Morgan fingerprint density at radius 2 is 1.77 bits per heavy atom. The Bertz CT molecular complexity index is 1050. The van der Waals surface area contributed by atoms with Crippen LogP contribution in [0.2, 0.25) is 0 Å². The molecule has 1 aromatic heterocycles. The number of nitro benzene ring substituents is 2. The number of nitro groups is 2. The van der Waals surface area contributed by atoms with Crippen molar-refractivity contribution in [1.29, 1.82) is 0 Å². The van der Waals surface area contributed by atoms with Crippen LogP contribution in [0.1, 0.15) is 11.4 Å². The van der Waals surface area contributed by atoms with Crippen molar-refractivity contribution in [2.24, 2.45) is 0 Å². The molecule has 0 amide bonds. The molecule has 1 N–H and O–H groups in total. The van der Waals surface area contributed by atoms with Crippen LogP contribution in [0.3, 0.4) is 0 Å². The van der Waals surface area contributed by atoms with Gasteiger partial charge in [0, 0.05) is 31.4 Å². The Kier molecular flexibility index (Phi) is 6.19. The molecular weight excluding hydrogens is 420 g/mol. The summed E-state index contributed by atoms with van der Waals surface area (Å²) in [5.41, 5.74) is -1.55. The van der Waals surface area contributed by atoms with Gasteiger partial charge in [0.2, 0.25) is 10.0 Å². The zero-order valence-electron chi connectivity index (χ0n) is 15.8. The number of nitrogens with one attached hydrogen (secondary N) is 1. The van der Waals surface area contributed by atoms with E-state index in [1.807, 2.05) is 4.90 Å². The highest BCUT2D eigenvalue weighted by Gasteiger charge is 2.28. The summed E-state index contributed by atoms with van der Waals surface area (Å²) >= 11 is 0. The molecule has 1 aromatic carbocycles. The lowest BCUT2D eigenvalue weighted by molar-refractivity contribution is -0.395. The van der Waals surface area contributed by atoms with E-state index in [-0.39, 0.29) is 17.9 Å². The first-order valence-electron chi connectivity index (χ1n) is 8.77. The van der Waals surface area contributed by atoms with Gasteiger partial charge in [0.1, 0.15) is 17.2 Å². The molecule has 3 rings (SSSR count). The summed E-state index contributed by atoms with van der Waals surface area (Å²) in [4.78, 5) is 30.3. The minimum Gasteiger partial charge on any atom is -0.378 e. The molecule has 13 nitrogen and oxygen atoms in total. The largest absolute Gasteiger partial charge is 0.378 e. The first kappa shape index (κ1) is 21.5. The number of rotatable bonds is 7. The first-order valence-corrected chi connectivity index (χ1v) is 10.2. The molecule has 0 saturated carbocycles. The van der Waals surface area contributed by atoms with Crippen molar-refractivity contribution in [1.82, 2.24) is 14.7 Å². The van der Waals surface area contributed by atoms with E-state index in [1.165, 1.54) is 13.1 Å². The van der Waals surface area contributed by atoms with Gasteiger partial charge in [-0.05, 0) is 13.0 Å². The third-order valence-electron chi connectivity index (χ3n) is 4.48. The number of morpholine rings is 1. The van der Waals surface area contributed by atoms with E-state index in [9.17, 15) is 28.6 Å². The Hall–Kier alpha value is -3.23. The third-order valence-corrected chi connectivity index (χ3v) is 5.86. The second kappa shape index (κ2) is 8.64. The van der Waals surface area contributed by atoms with Crippen LogP contribution in [0, 0.1) is 27.2 Å². The standard InChI is InChI=1S/C16H18N6O7S/c1-11-13(21(23)24)8-12(9-14(11)22(25)26)30(27,28)18-10-15-17-3-2-16(19-15)20-4-6-29-7-5-20/h2-3,8-9,18H,4-7,10H2,1H3. The smallest absolute Gasteiger partial charge is 0.280 e. The Morgan fingerprint density at radius 3 is 2.33 bits per heavy atom. The Labute approximate surface area is 171 Å². The van der Waals surface area contributed by atoms with Crippen LogP contribution >= 0.6 is 0 Å². The maximum absolute atomic E-state index is 12.6. The first-order chi connectivity index (χ1) is 14.2. The molecule has 2 aromatic rings. The third kappa shape index (κ3) is 4.67. The van der Waals surface area contributed by atoms with E-state index in [0.717, 1.165) is 12.1 Å². The zero-order chi connectivity index (χ0) is 21.9. The summed E-state index contributed by atoms with van der Waals surface area (Å²) in [5.74, 6) is 0.794. The molecule has 30 heavy (non-hydrogen) atoms. The second-order valence-electron chi connectivity index (χ2n) is 6.36. The van der Waals surface area contributed by atoms with Crippen LogP contribution in [-0.2, 0) is 21.3 Å². The van der Waals surface area contributed by atoms with Crippen molar-refractivity contribution in [3.63, 3.8) is 0 Å². The van der Waals surface area contributed by atoms with Crippen molar-refractivity contribution in [2.75, 3.05) is 31.2 Å². The van der Waals surface area contributed by atoms with Gasteiger partial charge in [0.05, 0.1) is 34.5 Å². The van der Waals surface area contributed by atoms with Gasteiger partial charge in [-0.1, -0.05) is 0 Å². The van der Waals surface area contributed by atoms with Crippen LogP contribution < -0.4 is 9.62 Å². The molecule has 1 fully saturated rings. The predicted octanol–water partition coefficient (Wildman–Crippen LogP) is 0.917. The van der Waals surface area contributed by atoms with Crippen LogP contribution in [0.5, 0.6) is 0 Å². The molecule has 14 heteroatoms. The van der Waals surface area contributed by atoms with Crippen LogP contribution in [0.4, 0.5) is 17.2 Å². The number of aromatic nitrogens is 2. The molecule has 0 atom stereocenters. The maximum atomic E-state index is 12.6. The number of ether oxygens (including phenoxy) is 1. The highest BCUT2D eigenvalue weighted by Crippen LogP contribution is 2.31. The number of nitrogens with zero attached hydrogens (tertiary/aromatic N) is 5. The number of hydrogen-bond donors (Lipinski definition) is 1. The molecule has 0 bridgehead atoms. The molecule has 1 saturated heterocycles. The minimum absolute atomic E-state index is 0.179. The van der Waals surface area contributed by atoms with Crippen molar-refractivity contribution in [3.05, 3.63) is 56.0 Å². The van der Waals surface area contributed by atoms with Gasteiger partial charge in [-0.15, -0.1) is 0 Å². The zero-order valence-corrected chi connectivity index (χ0v) is 16.7. The molecule has 1 aliphatic rings. The van der Waals surface area contributed by atoms with E-state index >= 15 is 0 Å². The van der Waals surface area contributed by atoms with E-state index in [4.69, 9.17) is 4.74 Å². The number of anilines is 1. The summed E-state index contributed by atoms with van der Waals surface area (Å²) in [6.45, 7) is 3.27. The van der Waals surface area contributed by atoms with Gasteiger partial charge in [-0.2, -0.15) is 0 Å². The quantitative estimate of drug-likeness (QED) is 0.484. The fraction of sp³-hybridized carbons (Fsp3) is 0.375. The van der Waals surface area contributed by atoms with Gasteiger partial charge in [0.25, 0.3) is 11.4 Å². The Balaban J connectivity index is 1.84. The molecule has 160 valence electrons. The van der Waals surface area contributed by atoms with E-state index in [1.54, 1.807) is 6.07 Å². The topological polar surface area (TPSA) is 171 Å². The van der Waals surface area contributed by atoms with Gasteiger partial charge >= 0.3 is 0 Å². The molecule has 0 aliphatic carbocycles. The van der Waals surface area contributed by atoms with Crippen LogP contribution in [-0.4, -0.2) is 54.5 Å². The fourth-order valence-electron chi connectivity index (χ4n) is 2.88. The van der Waals surface area contributed by atoms with Crippen molar-refractivity contribution < 1.29 is 23.0 Å². The van der Waals surface area contributed by atoms with Gasteiger partial charge in [0.15, 0.2) is 0 Å². The van der Waals surface area contributed by atoms with Crippen molar-refractivity contribution in [3.8, 4) is 0 Å². The lowest BCUT2D eigenvalue weighted by Gasteiger charge is -2.27. The minimum atomic E-state index is -4.30. The Morgan fingerprint density at radius 1 is 1.17 bits per heavy atom. The highest BCUT2D eigenvalue weighted by atomic mass is 32.2. The average Bonchev–Trinajstić information content (AvgIpc) is 2.73. The SMILES string of the molecule is Cc1c([N+](=O)[O-])cc(S(=O)(=O)NCc2nccc(N3CCOCC3)n2)cc1[N+](=O)[O-]. The lowest BCUT2D eigenvalue weighted by atomic mass is 10.1. The summed E-state index contributed by atoms with van der Waals surface area (Å²) < 4.78 is 32.7. The molecule has 0 radical (unpaired) electrons. The van der Waals surface area contributed by atoms with Gasteiger partial charge in [-0.3, -0.25) is 20.2 Å². The number of sulfonamides is 1. The number of hydrogen-bond acceptors (Lipinski definition) is 10. The summed E-state index contributed by atoms with van der Waals surface area (Å²) in [6, 6.07) is 3.27. The maximum Gasteiger partial charge on any atom is 0.280 e. The molecule has 1 aliphatic heterocycles. The van der Waals surface area contributed by atoms with Crippen molar-refractivity contribution >= 4 is 27.2 Å². The summed E-state index contributed by atoms with van der Waals surface area (Å²) in [7, 11) is -4.30. The van der Waals surface area contributed by atoms with E-state index in [0.29, 0.717) is 32.1 Å². The van der Waals surface area contributed by atoms with Gasteiger partial charge in [-0.25, -0.2) is 23.1 Å². The normalized spacial score (nSPS) is 14.5. The van der Waals surface area contributed by atoms with E-state index < -0.39 is 36.1 Å². The average molecular weight is 438 g/mol. The van der Waals surface area contributed by atoms with Gasteiger partial charge < -0.3 is 9.64 Å². The molecule has 0 unspecified atom stereocenters. The lowest BCUT2D eigenvalue weighted by Crippen LogP contribution is -2.37. The molecular formula is C16H18N6O7S. The highest BCUT2D eigenvalue weighted by molar-refractivity contribution is 7.89. The van der Waals surface area contributed by atoms with Crippen LogP contribution in [0.25, 0.3) is 0 Å². The monoisotopic (exact) mass is 438 g/mol. The summed E-state index contributed by atoms with van der Waals surface area (Å²) in [6.07, 6.45) is 1.49. The predicted molar refractivity (Wildman–Crippen MR) is 104 cm³/mol. The fourth-order valence-corrected chi connectivity index (χ4v) is 3.90. The number of benzene rings is 1. The summed E-state index contributed by atoms with van der Waals surface area (Å²) in [5, 5.41) is 22.4. The van der Waals surface area contributed by atoms with E-state index in [2.05, 4.69) is 14.7 Å². The van der Waals surface area contributed by atoms with Crippen molar-refractivity contribution in [2.45, 2.75) is 18.4 Å². The molecule has 2 heterocycles. The molecule has 0 spiro atoms.